The molecule has 1 rings (SSSR count). The monoisotopic (exact) mass is 263 g/mol. The number of hydrogen-bond acceptors (Lipinski definition) is 4. The third-order valence-electron chi connectivity index (χ3n) is 2.20. The van der Waals surface area contributed by atoms with Gasteiger partial charge in [0, 0.05) is 4.88 Å². The molecule has 1 aromatic rings. The van der Waals surface area contributed by atoms with Crippen molar-refractivity contribution in [3.63, 3.8) is 0 Å². The zero-order valence-electron chi connectivity index (χ0n) is 9.74. The first kappa shape index (κ1) is 15.3. The molecule has 4 nitrogen and oxygen atoms in total. The summed E-state index contributed by atoms with van der Waals surface area (Å²) in [4.78, 5) is 16.9. The number of hydrogen-bond donors (Lipinski definition) is 2. The van der Waals surface area contributed by atoms with Gasteiger partial charge in [-0.1, -0.05) is 13.3 Å². The molecule has 0 bridgehead atoms. The second kappa shape index (κ2) is 6.83. The summed E-state index contributed by atoms with van der Waals surface area (Å²) in [6, 6.07) is -0.431. The Morgan fingerprint density at radius 3 is 2.62 bits per heavy atom. The Morgan fingerprint density at radius 1 is 1.56 bits per heavy atom. The van der Waals surface area contributed by atoms with Crippen LogP contribution in [0.1, 0.15) is 30.3 Å². The molecule has 0 aromatic carbocycles. The van der Waals surface area contributed by atoms with Gasteiger partial charge in [0.25, 0.3) is 0 Å². The Morgan fingerprint density at radius 2 is 2.19 bits per heavy atom. The van der Waals surface area contributed by atoms with E-state index >= 15 is 0 Å². The number of carbonyl (C=O) groups is 1. The summed E-state index contributed by atoms with van der Waals surface area (Å²) >= 11 is 1.48. The van der Waals surface area contributed by atoms with E-state index in [2.05, 4.69) is 10.3 Å². The first-order valence-electron chi connectivity index (χ1n) is 5.05. The second-order valence-electron chi connectivity index (χ2n) is 3.55. The predicted molar refractivity (Wildman–Crippen MR) is 70.3 cm³/mol. The van der Waals surface area contributed by atoms with Crippen molar-refractivity contribution in [3.8, 4) is 0 Å². The average Bonchev–Trinajstić information content (AvgIpc) is 2.46. The van der Waals surface area contributed by atoms with E-state index in [0.29, 0.717) is 11.6 Å². The molecule has 0 saturated carbocycles. The summed E-state index contributed by atoms with van der Waals surface area (Å²) in [5.41, 5.74) is 6.64. The highest BCUT2D eigenvalue weighted by Crippen LogP contribution is 2.21. The Hall–Kier alpha value is -0.650. The quantitative estimate of drug-likeness (QED) is 0.876. The maximum Gasteiger partial charge on any atom is 0.243 e. The molecule has 1 atom stereocenters. The zero-order valence-corrected chi connectivity index (χ0v) is 11.4. The van der Waals surface area contributed by atoms with Crippen molar-refractivity contribution >= 4 is 34.8 Å². The minimum Gasteiger partial charge on any atom is -0.320 e. The van der Waals surface area contributed by atoms with E-state index < -0.39 is 6.04 Å². The van der Waals surface area contributed by atoms with Gasteiger partial charge >= 0.3 is 0 Å². The van der Waals surface area contributed by atoms with Crippen molar-refractivity contribution in [3.05, 3.63) is 10.6 Å². The number of aromatic nitrogens is 1. The minimum atomic E-state index is -0.431. The number of halogens is 1. The Bertz CT molecular complexity index is 334. The third-order valence-corrected chi connectivity index (χ3v) is 3.18. The molecule has 0 aliphatic heterocycles. The molecule has 6 heteroatoms. The lowest BCUT2D eigenvalue weighted by Crippen LogP contribution is -2.35. The largest absolute Gasteiger partial charge is 0.320 e. The summed E-state index contributed by atoms with van der Waals surface area (Å²) in [6.45, 7) is 5.91. The van der Waals surface area contributed by atoms with E-state index in [1.54, 1.807) is 0 Å². The van der Waals surface area contributed by atoms with Crippen LogP contribution in [0.5, 0.6) is 0 Å². The van der Waals surface area contributed by atoms with Crippen LogP contribution in [0, 0.1) is 13.8 Å². The van der Waals surface area contributed by atoms with Gasteiger partial charge in [-0.2, -0.15) is 0 Å². The summed E-state index contributed by atoms with van der Waals surface area (Å²) in [7, 11) is 0. The Kier molecular flexibility index (Phi) is 6.55. The zero-order chi connectivity index (χ0) is 11.4. The van der Waals surface area contributed by atoms with Gasteiger partial charge in [0.1, 0.15) is 0 Å². The predicted octanol–water partition coefficient (Wildman–Crippen LogP) is 2.25. The number of carbonyl (C=O) groups excluding carboxylic acids is 1. The van der Waals surface area contributed by atoms with E-state index in [9.17, 15) is 4.79 Å². The van der Waals surface area contributed by atoms with Crippen LogP contribution < -0.4 is 11.1 Å². The molecule has 1 aromatic heterocycles. The SMILES string of the molecule is CCCC(N)C(=O)Nc1nc(C)c(C)s1.Cl. The van der Waals surface area contributed by atoms with Gasteiger partial charge in [0.15, 0.2) is 5.13 Å². The van der Waals surface area contributed by atoms with Crippen molar-refractivity contribution in [1.82, 2.24) is 4.98 Å². The van der Waals surface area contributed by atoms with Crippen LogP contribution in [-0.2, 0) is 4.79 Å². The molecule has 0 fully saturated rings. The van der Waals surface area contributed by atoms with E-state index in [0.717, 1.165) is 17.0 Å². The number of nitrogens with zero attached hydrogens (tertiary/aromatic N) is 1. The highest BCUT2D eigenvalue weighted by atomic mass is 35.5. The van der Waals surface area contributed by atoms with Crippen molar-refractivity contribution < 1.29 is 4.79 Å². The van der Waals surface area contributed by atoms with Crippen molar-refractivity contribution in [2.75, 3.05) is 5.32 Å². The maximum absolute atomic E-state index is 11.6. The maximum atomic E-state index is 11.6. The lowest BCUT2D eigenvalue weighted by Gasteiger charge is -2.08. The molecule has 0 aliphatic carbocycles. The van der Waals surface area contributed by atoms with Gasteiger partial charge < -0.3 is 11.1 Å². The average molecular weight is 264 g/mol. The van der Waals surface area contributed by atoms with Crippen LogP contribution in [0.2, 0.25) is 0 Å². The molecule has 3 N–H and O–H groups in total. The third kappa shape index (κ3) is 4.08. The molecule has 0 aliphatic rings. The van der Waals surface area contributed by atoms with Crippen molar-refractivity contribution in [1.29, 1.82) is 0 Å². The van der Waals surface area contributed by atoms with Gasteiger partial charge in [-0.25, -0.2) is 4.98 Å². The molecular formula is C10H18ClN3OS. The number of anilines is 1. The number of aryl methyl sites for hydroxylation is 2. The summed E-state index contributed by atoms with van der Waals surface area (Å²) < 4.78 is 0. The highest BCUT2D eigenvalue weighted by Gasteiger charge is 2.14. The van der Waals surface area contributed by atoms with Crippen LogP contribution in [0.3, 0.4) is 0 Å². The number of amides is 1. The molecule has 0 spiro atoms. The standard InChI is InChI=1S/C10H17N3OS.ClH/c1-4-5-8(11)9(14)13-10-12-6(2)7(3)15-10;/h8H,4-5,11H2,1-3H3,(H,12,13,14);1H. The van der Waals surface area contributed by atoms with E-state index in [4.69, 9.17) is 5.73 Å². The molecule has 0 saturated heterocycles. The fourth-order valence-electron chi connectivity index (χ4n) is 1.17. The summed E-state index contributed by atoms with van der Waals surface area (Å²) in [5, 5.41) is 3.37. The smallest absolute Gasteiger partial charge is 0.243 e. The Labute approximate surface area is 106 Å². The van der Waals surface area contributed by atoms with Gasteiger partial charge in [-0.05, 0) is 20.3 Å². The molecule has 1 heterocycles. The fraction of sp³-hybridized carbons (Fsp3) is 0.600. The van der Waals surface area contributed by atoms with E-state index in [1.165, 1.54) is 11.3 Å². The fourth-order valence-corrected chi connectivity index (χ4v) is 1.98. The molecular weight excluding hydrogens is 246 g/mol. The number of rotatable bonds is 4. The topological polar surface area (TPSA) is 68.0 Å². The first-order chi connectivity index (χ1) is 7.04. The first-order valence-corrected chi connectivity index (χ1v) is 5.86. The highest BCUT2D eigenvalue weighted by molar-refractivity contribution is 7.15. The molecule has 0 radical (unpaired) electrons. The second-order valence-corrected chi connectivity index (χ2v) is 4.75. The lowest BCUT2D eigenvalue weighted by molar-refractivity contribution is -0.117. The van der Waals surface area contributed by atoms with Crippen LogP contribution in [0.15, 0.2) is 0 Å². The van der Waals surface area contributed by atoms with Crippen molar-refractivity contribution in [2.24, 2.45) is 5.73 Å². The molecule has 16 heavy (non-hydrogen) atoms. The van der Waals surface area contributed by atoms with Crippen LogP contribution in [-0.4, -0.2) is 16.9 Å². The minimum absolute atomic E-state index is 0. The normalized spacial score (nSPS) is 11.8. The number of thiazole rings is 1. The van der Waals surface area contributed by atoms with Gasteiger partial charge in [-0.15, -0.1) is 23.7 Å². The van der Waals surface area contributed by atoms with Crippen molar-refractivity contribution in [2.45, 2.75) is 39.7 Å². The molecule has 92 valence electrons. The molecule has 1 unspecified atom stereocenters. The Balaban J connectivity index is 0.00000225. The van der Waals surface area contributed by atoms with E-state index in [-0.39, 0.29) is 18.3 Å². The van der Waals surface area contributed by atoms with Gasteiger partial charge in [-0.3, -0.25) is 4.79 Å². The number of nitrogens with two attached hydrogens (primary N) is 1. The van der Waals surface area contributed by atoms with E-state index in [1.807, 2.05) is 20.8 Å². The van der Waals surface area contributed by atoms with Crippen LogP contribution >= 0.6 is 23.7 Å². The van der Waals surface area contributed by atoms with Gasteiger partial charge in [0.05, 0.1) is 11.7 Å². The van der Waals surface area contributed by atoms with Gasteiger partial charge in [0.2, 0.25) is 5.91 Å². The summed E-state index contributed by atoms with van der Waals surface area (Å²) in [6.07, 6.45) is 1.61. The number of nitrogens with one attached hydrogen (secondary N) is 1. The summed E-state index contributed by atoms with van der Waals surface area (Å²) in [5.74, 6) is -0.148. The molecule has 1 amide bonds. The lowest BCUT2D eigenvalue weighted by atomic mass is 10.2. The van der Waals surface area contributed by atoms with Crippen LogP contribution in [0.4, 0.5) is 5.13 Å². The van der Waals surface area contributed by atoms with Crippen LogP contribution in [0.25, 0.3) is 0 Å².